The van der Waals surface area contributed by atoms with Gasteiger partial charge in [0.05, 0.1) is 13.7 Å². The number of carbonyl (C=O) groups excluding carboxylic acids is 1. The van der Waals surface area contributed by atoms with E-state index in [4.69, 9.17) is 9.47 Å². The van der Waals surface area contributed by atoms with Crippen molar-refractivity contribution in [2.75, 3.05) is 13.7 Å². The number of fused-ring (bicyclic) bond motifs is 1. The van der Waals surface area contributed by atoms with Crippen molar-refractivity contribution in [2.24, 2.45) is 0 Å². The fourth-order valence-corrected chi connectivity index (χ4v) is 2.71. The summed E-state index contributed by atoms with van der Waals surface area (Å²) in [5, 5.41) is 0. The molecule has 0 fully saturated rings. The van der Waals surface area contributed by atoms with Gasteiger partial charge in [-0.1, -0.05) is 12.1 Å². The summed E-state index contributed by atoms with van der Waals surface area (Å²) in [6.07, 6.45) is 6.66. The van der Waals surface area contributed by atoms with Crippen LogP contribution in [0.3, 0.4) is 0 Å². The molecule has 1 aliphatic rings. The molecule has 3 rings (SSSR count). The lowest BCUT2D eigenvalue weighted by Crippen LogP contribution is -2.08. The van der Waals surface area contributed by atoms with Crippen molar-refractivity contribution in [3.8, 4) is 11.5 Å². The lowest BCUT2D eigenvalue weighted by atomic mass is 9.95. The summed E-state index contributed by atoms with van der Waals surface area (Å²) in [4.78, 5) is 11.8. The maximum Gasteiger partial charge on any atom is 0.164 e. The number of Topliss-reactive ketones (excluding diaryl/α,β-unsaturated/α-hetero) is 1. The second-order valence-electron chi connectivity index (χ2n) is 5.21. The molecule has 0 amide bonds. The Morgan fingerprint density at radius 2 is 1.95 bits per heavy atom. The Morgan fingerprint density at radius 1 is 1.14 bits per heavy atom. The largest absolute Gasteiger partial charge is 0.493 e. The van der Waals surface area contributed by atoms with E-state index in [0.717, 1.165) is 36.4 Å². The predicted octanol–water partition coefficient (Wildman–Crippen LogP) is 3.09. The van der Waals surface area contributed by atoms with E-state index >= 15 is 0 Å². The summed E-state index contributed by atoms with van der Waals surface area (Å²) in [7, 11) is 1.63. The number of aromatic nitrogens is 1. The van der Waals surface area contributed by atoms with Gasteiger partial charge in [0.2, 0.25) is 0 Å². The summed E-state index contributed by atoms with van der Waals surface area (Å²) >= 11 is 0. The minimum absolute atomic E-state index is 0.264. The van der Waals surface area contributed by atoms with Crippen LogP contribution >= 0.6 is 0 Å². The van der Waals surface area contributed by atoms with E-state index in [-0.39, 0.29) is 5.78 Å². The number of hydrogen-bond donors (Lipinski definition) is 0. The van der Waals surface area contributed by atoms with Crippen molar-refractivity contribution in [3.05, 3.63) is 47.8 Å². The first kappa shape index (κ1) is 13.7. The van der Waals surface area contributed by atoms with Crippen LogP contribution in [0.5, 0.6) is 11.5 Å². The fraction of sp³-hybridized carbons (Fsp3) is 0.353. The van der Waals surface area contributed by atoms with E-state index in [1.54, 1.807) is 7.11 Å². The zero-order valence-corrected chi connectivity index (χ0v) is 12.2. The fourth-order valence-electron chi connectivity index (χ4n) is 2.71. The molecule has 1 aromatic carbocycles. The van der Waals surface area contributed by atoms with E-state index in [1.807, 2.05) is 35.0 Å². The van der Waals surface area contributed by atoms with Crippen LogP contribution in [-0.4, -0.2) is 24.1 Å². The minimum Gasteiger partial charge on any atom is -0.493 e. The number of rotatable bonds is 5. The summed E-state index contributed by atoms with van der Waals surface area (Å²) in [5.41, 5.74) is 2.06. The molecule has 0 bridgehead atoms. The molecule has 0 unspecified atom stereocenters. The highest BCUT2D eigenvalue weighted by Crippen LogP contribution is 2.26. The van der Waals surface area contributed by atoms with Gasteiger partial charge in [0, 0.05) is 24.4 Å². The lowest BCUT2D eigenvalue weighted by molar-refractivity contribution is 0.0973. The van der Waals surface area contributed by atoms with Gasteiger partial charge in [0.15, 0.2) is 17.3 Å². The van der Waals surface area contributed by atoms with Gasteiger partial charge in [-0.3, -0.25) is 4.79 Å². The average Bonchev–Trinajstić information content (AvgIpc) is 2.92. The Morgan fingerprint density at radius 3 is 2.71 bits per heavy atom. The van der Waals surface area contributed by atoms with Crippen molar-refractivity contribution >= 4 is 5.78 Å². The lowest BCUT2D eigenvalue weighted by Gasteiger charge is -2.10. The summed E-state index contributed by atoms with van der Waals surface area (Å²) < 4.78 is 13.1. The first-order valence-corrected chi connectivity index (χ1v) is 7.25. The van der Waals surface area contributed by atoms with E-state index in [2.05, 4.69) is 6.20 Å². The molecule has 1 aromatic heterocycles. The number of ketones is 1. The molecule has 0 N–H and O–H groups in total. The van der Waals surface area contributed by atoms with E-state index in [0.29, 0.717) is 13.0 Å². The number of aryl methyl sites for hydroxylation is 1. The Balaban J connectivity index is 1.62. The van der Waals surface area contributed by atoms with Gasteiger partial charge in [-0.2, -0.15) is 0 Å². The highest BCUT2D eigenvalue weighted by atomic mass is 16.5. The molecule has 0 saturated carbocycles. The third-order valence-corrected chi connectivity index (χ3v) is 3.79. The van der Waals surface area contributed by atoms with Gasteiger partial charge >= 0.3 is 0 Å². The highest BCUT2D eigenvalue weighted by molar-refractivity contribution is 5.98. The number of ether oxygens (including phenoxy) is 2. The van der Waals surface area contributed by atoms with Gasteiger partial charge in [-0.25, -0.2) is 0 Å². The van der Waals surface area contributed by atoms with Gasteiger partial charge in [-0.05, 0) is 30.5 Å². The van der Waals surface area contributed by atoms with Crippen LogP contribution in [0, 0.1) is 0 Å². The van der Waals surface area contributed by atoms with Crippen molar-refractivity contribution in [1.29, 1.82) is 0 Å². The van der Waals surface area contributed by atoms with E-state index in [9.17, 15) is 4.79 Å². The van der Waals surface area contributed by atoms with Gasteiger partial charge < -0.3 is 14.0 Å². The predicted molar refractivity (Wildman–Crippen MR) is 80.2 cm³/mol. The molecule has 4 nitrogen and oxygen atoms in total. The van der Waals surface area contributed by atoms with Crippen LogP contribution in [0.2, 0.25) is 0 Å². The average molecular weight is 285 g/mol. The van der Waals surface area contributed by atoms with Crippen LogP contribution in [0.4, 0.5) is 0 Å². The van der Waals surface area contributed by atoms with Crippen molar-refractivity contribution in [3.63, 3.8) is 0 Å². The first-order valence-electron chi connectivity index (χ1n) is 7.25. The zero-order valence-electron chi connectivity index (χ0n) is 12.2. The Bertz CT molecular complexity index is 645. The summed E-state index contributed by atoms with van der Waals surface area (Å²) in [6, 6.07) is 7.60. The molecular formula is C17H19NO3. The second-order valence-corrected chi connectivity index (χ2v) is 5.21. The SMILES string of the molecule is COc1ccccc1OCCn1cc2c(c1)C(=O)CCC2. The van der Waals surface area contributed by atoms with Crippen LogP contribution in [0.25, 0.3) is 0 Å². The number of benzene rings is 1. The quantitative estimate of drug-likeness (QED) is 0.847. The maximum atomic E-state index is 11.8. The van der Waals surface area contributed by atoms with Crippen LogP contribution < -0.4 is 9.47 Å². The zero-order chi connectivity index (χ0) is 14.7. The molecule has 110 valence electrons. The maximum absolute atomic E-state index is 11.8. The Kier molecular flexibility index (Phi) is 3.95. The van der Waals surface area contributed by atoms with Gasteiger partial charge in [-0.15, -0.1) is 0 Å². The third-order valence-electron chi connectivity index (χ3n) is 3.79. The number of nitrogens with zero attached hydrogens (tertiary/aromatic N) is 1. The van der Waals surface area contributed by atoms with E-state index < -0.39 is 0 Å². The molecule has 21 heavy (non-hydrogen) atoms. The smallest absolute Gasteiger partial charge is 0.164 e. The van der Waals surface area contributed by atoms with Gasteiger partial charge in [0.25, 0.3) is 0 Å². The molecule has 0 aliphatic heterocycles. The molecule has 0 radical (unpaired) electrons. The molecule has 0 saturated heterocycles. The van der Waals surface area contributed by atoms with E-state index in [1.165, 1.54) is 5.56 Å². The number of carbonyl (C=O) groups is 1. The van der Waals surface area contributed by atoms with Crippen molar-refractivity contribution in [2.45, 2.75) is 25.8 Å². The topological polar surface area (TPSA) is 40.5 Å². The van der Waals surface area contributed by atoms with Crippen LogP contribution in [0.15, 0.2) is 36.7 Å². The number of hydrogen-bond acceptors (Lipinski definition) is 3. The summed E-state index contributed by atoms with van der Waals surface area (Å²) in [5.74, 6) is 1.74. The standard InChI is InChI=1S/C17H19NO3/c1-20-16-7-2-3-8-17(16)21-10-9-18-11-13-5-4-6-15(19)14(13)12-18/h2-3,7-8,11-12H,4-6,9-10H2,1H3. The molecular weight excluding hydrogens is 266 g/mol. The molecule has 0 atom stereocenters. The third kappa shape index (κ3) is 2.94. The van der Waals surface area contributed by atoms with Crippen molar-refractivity contribution in [1.82, 2.24) is 4.57 Å². The Hall–Kier alpha value is -2.23. The highest BCUT2D eigenvalue weighted by Gasteiger charge is 2.18. The minimum atomic E-state index is 0.264. The molecule has 4 heteroatoms. The first-order chi connectivity index (χ1) is 10.3. The van der Waals surface area contributed by atoms with Gasteiger partial charge in [0.1, 0.15) is 6.61 Å². The second kappa shape index (κ2) is 6.04. The normalized spacial score (nSPS) is 13.9. The molecule has 1 aliphatic carbocycles. The molecule has 2 aromatic rings. The van der Waals surface area contributed by atoms with Crippen LogP contribution in [0.1, 0.15) is 28.8 Å². The van der Waals surface area contributed by atoms with Crippen molar-refractivity contribution < 1.29 is 14.3 Å². The summed E-state index contributed by atoms with van der Waals surface area (Å²) in [6.45, 7) is 1.26. The number of para-hydroxylation sites is 2. The molecule has 1 heterocycles. The monoisotopic (exact) mass is 285 g/mol. The number of methoxy groups -OCH3 is 1. The molecule has 0 spiro atoms. The van der Waals surface area contributed by atoms with Crippen LogP contribution in [-0.2, 0) is 13.0 Å². The Labute approximate surface area is 124 Å².